The highest BCUT2D eigenvalue weighted by molar-refractivity contribution is 7.39. The summed E-state index contributed by atoms with van der Waals surface area (Å²) < 4.78 is 4.77. The molecule has 0 heterocycles. The van der Waals surface area contributed by atoms with Crippen molar-refractivity contribution in [3.8, 4) is 0 Å². The Morgan fingerprint density at radius 3 is 2.42 bits per heavy atom. The standard InChI is InChI=1S/C8H19O3P/c1-3-5-6-8(4-2)7-11-12(9)10/h8-10H,3-7H2,1-2H3. The maximum Gasteiger partial charge on any atom is 0.327 e. The molecule has 0 radical (unpaired) electrons. The van der Waals surface area contributed by atoms with E-state index in [4.69, 9.17) is 14.3 Å². The first kappa shape index (κ1) is 12.3. The highest BCUT2D eigenvalue weighted by Crippen LogP contribution is 2.27. The van der Waals surface area contributed by atoms with Gasteiger partial charge in [-0.25, -0.2) is 0 Å². The predicted molar refractivity (Wildman–Crippen MR) is 50.6 cm³/mol. The van der Waals surface area contributed by atoms with Crippen LogP contribution in [0.2, 0.25) is 0 Å². The van der Waals surface area contributed by atoms with E-state index in [9.17, 15) is 0 Å². The summed E-state index contributed by atoms with van der Waals surface area (Å²) in [7, 11) is -2.15. The average molecular weight is 194 g/mol. The molecule has 2 N–H and O–H groups in total. The third-order valence-electron chi connectivity index (χ3n) is 1.97. The molecule has 0 aromatic carbocycles. The van der Waals surface area contributed by atoms with Gasteiger partial charge in [-0.15, -0.1) is 0 Å². The Morgan fingerprint density at radius 1 is 1.33 bits per heavy atom. The van der Waals surface area contributed by atoms with Crippen LogP contribution in [0.4, 0.5) is 0 Å². The summed E-state index contributed by atoms with van der Waals surface area (Å²) in [6, 6.07) is 0. The predicted octanol–water partition coefficient (Wildman–Crippen LogP) is 2.43. The Hall–Kier alpha value is 0.310. The van der Waals surface area contributed by atoms with Crippen molar-refractivity contribution in [2.24, 2.45) is 5.92 Å². The second-order valence-corrected chi connectivity index (χ2v) is 3.73. The van der Waals surface area contributed by atoms with Gasteiger partial charge in [-0.1, -0.05) is 33.1 Å². The zero-order chi connectivity index (χ0) is 9.40. The first-order valence-corrected chi connectivity index (χ1v) is 5.68. The fourth-order valence-electron chi connectivity index (χ4n) is 1.07. The molecule has 0 bridgehead atoms. The van der Waals surface area contributed by atoms with Gasteiger partial charge in [0.05, 0.1) is 6.61 Å². The Kier molecular flexibility index (Phi) is 8.14. The summed E-state index contributed by atoms with van der Waals surface area (Å²) in [6.45, 7) is 4.73. The summed E-state index contributed by atoms with van der Waals surface area (Å²) in [6.07, 6.45) is 4.54. The van der Waals surface area contributed by atoms with Crippen LogP contribution in [-0.4, -0.2) is 16.4 Å². The summed E-state index contributed by atoms with van der Waals surface area (Å²) in [5.74, 6) is 0.481. The molecule has 0 saturated carbocycles. The minimum Gasteiger partial charge on any atom is -0.328 e. The van der Waals surface area contributed by atoms with Crippen LogP contribution in [0.15, 0.2) is 0 Å². The molecule has 0 saturated heterocycles. The Morgan fingerprint density at radius 2 is 2.00 bits per heavy atom. The molecule has 0 aromatic heterocycles. The van der Waals surface area contributed by atoms with Crippen LogP contribution in [0.5, 0.6) is 0 Å². The fraction of sp³-hybridized carbons (Fsp3) is 1.00. The molecule has 0 amide bonds. The maximum absolute atomic E-state index is 8.52. The molecule has 0 aliphatic heterocycles. The van der Waals surface area contributed by atoms with Gasteiger partial charge >= 0.3 is 8.60 Å². The van der Waals surface area contributed by atoms with E-state index in [0.717, 1.165) is 12.8 Å². The van der Waals surface area contributed by atoms with Crippen molar-refractivity contribution in [1.29, 1.82) is 0 Å². The largest absolute Gasteiger partial charge is 0.328 e. The van der Waals surface area contributed by atoms with Crippen LogP contribution in [-0.2, 0) is 4.52 Å². The second kappa shape index (κ2) is 7.93. The zero-order valence-electron chi connectivity index (χ0n) is 7.86. The molecule has 4 heteroatoms. The minimum absolute atomic E-state index is 0.481. The van der Waals surface area contributed by atoms with Crippen LogP contribution in [0, 0.1) is 5.92 Å². The molecular weight excluding hydrogens is 175 g/mol. The third kappa shape index (κ3) is 6.99. The molecule has 74 valence electrons. The first-order chi connectivity index (χ1) is 5.70. The van der Waals surface area contributed by atoms with E-state index < -0.39 is 8.60 Å². The highest BCUT2D eigenvalue weighted by atomic mass is 31.2. The van der Waals surface area contributed by atoms with E-state index in [1.165, 1.54) is 12.8 Å². The number of hydrogen-bond donors (Lipinski definition) is 2. The van der Waals surface area contributed by atoms with Gasteiger partial charge in [-0.05, 0) is 12.3 Å². The lowest BCUT2D eigenvalue weighted by Crippen LogP contribution is -2.06. The van der Waals surface area contributed by atoms with E-state index in [2.05, 4.69) is 13.8 Å². The van der Waals surface area contributed by atoms with E-state index in [0.29, 0.717) is 12.5 Å². The van der Waals surface area contributed by atoms with Gasteiger partial charge < -0.3 is 14.3 Å². The Balaban J connectivity index is 3.39. The van der Waals surface area contributed by atoms with Crippen LogP contribution >= 0.6 is 8.60 Å². The smallest absolute Gasteiger partial charge is 0.327 e. The molecule has 3 nitrogen and oxygen atoms in total. The molecule has 0 aliphatic rings. The summed E-state index contributed by atoms with van der Waals surface area (Å²) in [5.41, 5.74) is 0. The SMILES string of the molecule is CCCCC(CC)COP(O)O. The third-order valence-corrected chi connectivity index (χ3v) is 2.35. The molecular formula is C8H19O3P. The quantitative estimate of drug-likeness (QED) is 0.612. The van der Waals surface area contributed by atoms with E-state index in [-0.39, 0.29) is 0 Å². The molecule has 0 aromatic rings. The molecule has 12 heavy (non-hydrogen) atoms. The van der Waals surface area contributed by atoms with Crippen LogP contribution in [0.3, 0.4) is 0 Å². The van der Waals surface area contributed by atoms with Crippen molar-refractivity contribution >= 4 is 8.60 Å². The molecule has 0 spiro atoms. The summed E-state index contributed by atoms with van der Waals surface area (Å²) in [5, 5.41) is 0. The van der Waals surface area contributed by atoms with E-state index in [1.54, 1.807) is 0 Å². The van der Waals surface area contributed by atoms with Gasteiger partial charge in [-0.2, -0.15) is 0 Å². The molecule has 0 aliphatic carbocycles. The van der Waals surface area contributed by atoms with Gasteiger partial charge in [0, 0.05) is 0 Å². The van der Waals surface area contributed by atoms with Gasteiger partial charge in [-0.3, -0.25) is 0 Å². The number of hydrogen-bond acceptors (Lipinski definition) is 3. The van der Waals surface area contributed by atoms with Crippen LogP contribution in [0.25, 0.3) is 0 Å². The summed E-state index contributed by atoms with van der Waals surface area (Å²) >= 11 is 0. The molecule has 0 fully saturated rings. The van der Waals surface area contributed by atoms with Crippen molar-refractivity contribution in [1.82, 2.24) is 0 Å². The fourth-order valence-corrected chi connectivity index (χ4v) is 1.41. The lowest BCUT2D eigenvalue weighted by Gasteiger charge is -2.14. The molecule has 1 atom stereocenters. The normalized spacial score (nSPS) is 13.8. The van der Waals surface area contributed by atoms with Crippen molar-refractivity contribution in [2.45, 2.75) is 39.5 Å². The Bertz CT molecular complexity index is 98.3. The van der Waals surface area contributed by atoms with E-state index in [1.807, 2.05) is 0 Å². The number of unbranched alkanes of at least 4 members (excludes halogenated alkanes) is 1. The minimum atomic E-state index is -2.15. The van der Waals surface area contributed by atoms with Crippen molar-refractivity contribution < 1.29 is 14.3 Å². The monoisotopic (exact) mass is 194 g/mol. The Labute approximate surface area is 75.8 Å². The second-order valence-electron chi connectivity index (χ2n) is 2.97. The molecule has 0 rings (SSSR count). The topological polar surface area (TPSA) is 49.7 Å². The van der Waals surface area contributed by atoms with Gasteiger partial charge in [0.25, 0.3) is 0 Å². The zero-order valence-corrected chi connectivity index (χ0v) is 8.76. The van der Waals surface area contributed by atoms with Crippen LogP contribution in [0.1, 0.15) is 39.5 Å². The highest BCUT2D eigenvalue weighted by Gasteiger charge is 2.08. The van der Waals surface area contributed by atoms with E-state index >= 15 is 0 Å². The lowest BCUT2D eigenvalue weighted by molar-refractivity contribution is 0.201. The van der Waals surface area contributed by atoms with Gasteiger partial charge in [0.2, 0.25) is 0 Å². The van der Waals surface area contributed by atoms with Crippen LogP contribution < -0.4 is 0 Å². The van der Waals surface area contributed by atoms with Gasteiger partial charge in [0.15, 0.2) is 0 Å². The van der Waals surface area contributed by atoms with Crippen molar-refractivity contribution in [2.75, 3.05) is 6.61 Å². The van der Waals surface area contributed by atoms with Crippen molar-refractivity contribution in [3.63, 3.8) is 0 Å². The summed E-state index contributed by atoms with van der Waals surface area (Å²) in [4.78, 5) is 17.0. The average Bonchev–Trinajstić information content (AvgIpc) is 2.05. The molecule has 1 unspecified atom stereocenters. The maximum atomic E-state index is 8.52. The van der Waals surface area contributed by atoms with Crippen molar-refractivity contribution in [3.05, 3.63) is 0 Å². The lowest BCUT2D eigenvalue weighted by atomic mass is 10.0. The number of rotatable bonds is 7. The first-order valence-electron chi connectivity index (χ1n) is 4.51. The van der Waals surface area contributed by atoms with Gasteiger partial charge in [0.1, 0.15) is 0 Å².